The van der Waals surface area contributed by atoms with E-state index in [0.717, 1.165) is 23.7 Å². The lowest BCUT2D eigenvalue weighted by atomic mass is 10.1. The number of benzene rings is 1. The summed E-state index contributed by atoms with van der Waals surface area (Å²) in [7, 11) is 1.65. The fourth-order valence-electron chi connectivity index (χ4n) is 1.66. The Bertz CT molecular complexity index is 531. The lowest BCUT2D eigenvalue weighted by Gasteiger charge is -2.01. The van der Waals surface area contributed by atoms with E-state index in [-0.39, 0.29) is 0 Å². The van der Waals surface area contributed by atoms with E-state index in [4.69, 9.17) is 13.9 Å². The van der Waals surface area contributed by atoms with Gasteiger partial charge in [-0.2, -0.15) is 0 Å². The van der Waals surface area contributed by atoms with Gasteiger partial charge in [-0.05, 0) is 24.6 Å². The fraction of sp³-hybridized carbons (Fsp3) is 0.429. The molecular weight excluding hydrogens is 276 g/mol. The zero-order chi connectivity index (χ0) is 14.2. The van der Waals surface area contributed by atoms with Crippen LogP contribution in [0.4, 0.5) is 0 Å². The van der Waals surface area contributed by atoms with Crippen molar-refractivity contribution in [3.05, 3.63) is 35.7 Å². The molecule has 0 fully saturated rings. The van der Waals surface area contributed by atoms with E-state index < -0.39 is 0 Å². The van der Waals surface area contributed by atoms with E-state index in [1.165, 1.54) is 11.8 Å². The molecule has 20 heavy (non-hydrogen) atoms. The Morgan fingerprint density at radius 2 is 2.20 bits per heavy atom. The Kier molecular flexibility index (Phi) is 5.88. The normalized spacial score (nSPS) is 10.7. The summed E-state index contributed by atoms with van der Waals surface area (Å²) in [4.78, 5) is 0. The SMILES string of the molecule is CCOCCSc1nnc(Cc2cccc(OC)c2)o1. The summed E-state index contributed by atoms with van der Waals surface area (Å²) in [5, 5.41) is 8.64. The second-order valence-electron chi connectivity index (χ2n) is 4.04. The molecule has 5 nitrogen and oxygen atoms in total. The maximum absolute atomic E-state index is 5.59. The monoisotopic (exact) mass is 294 g/mol. The Morgan fingerprint density at radius 3 is 3.00 bits per heavy atom. The van der Waals surface area contributed by atoms with Gasteiger partial charge in [-0.25, -0.2) is 0 Å². The molecule has 0 aliphatic heterocycles. The van der Waals surface area contributed by atoms with Crippen LogP contribution < -0.4 is 4.74 Å². The van der Waals surface area contributed by atoms with Crippen LogP contribution in [0, 0.1) is 0 Å². The van der Waals surface area contributed by atoms with Gasteiger partial charge in [0, 0.05) is 12.4 Å². The first kappa shape index (κ1) is 14.9. The van der Waals surface area contributed by atoms with Crippen LogP contribution >= 0.6 is 11.8 Å². The second-order valence-corrected chi connectivity index (χ2v) is 5.08. The minimum atomic E-state index is 0.586. The van der Waals surface area contributed by atoms with Gasteiger partial charge in [-0.15, -0.1) is 10.2 Å². The molecule has 6 heteroatoms. The van der Waals surface area contributed by atoms with Crippen molar-refractivity contribution in [2.24, 2.45) is 0 Å². The molecule has 0 atom stereocenters. The van der Waals surface area contributed by atoms with E-state index in [9.17, 15) is 0 Å². The van der Waals surface area contributed by atoms with Gasteiger partial charge in [0.1, 0.15) is 5.75 Å². The van der Waals surface area contributed by atoms with E-state index in [0.29, 0.717) is 24.1 Å². The maximum Gasteiger partial charge on any atom is 0.276 e. The second kappa shape index (κ2) is 7.91. The van der Waals surface area contributed by atoms with Crippen LogP contribution in [-0.4, -0.2) is 36.3 Å². The molecule has 2 rings (SSSR count). The molecule has 0 bridgehead atoms. The molecule has 0 aliphatic carbocycles. The van der Waals surface area contributed by atoms with E-state index in [1.807, 2.05) is 31.2 Å². The number of nitrogens with zero attached hydrogens (tertiary/aromatic N) is 2. The summed E-state index contributed by atoms with van der Waals surface area (Å²) in [6.45, 7) is 3.39. The zero-order valence-corrected chi connectivity index (χ0v) is 12.5. The van der Waals surface area contributed by atoms with Crippen molar-refractivity contribution in [3.63, 3.8) is 0 Å². The molecule has 0 unspecified atom stereocenters. The van der Waals surface area contributed by atoms with Gasteiger partial charge in [0.2, 0.25) is 5.89 Å². The molecule has 0 spiro atoms. The quantitative estimate of drug-likeness (QED) is 0.551. The summed E-state index contributed by atoms with van der Waals surface area (Å²) < 4.78 is 16.0. The highest BCUT2D eigenvalue weighted by atomic mass is 32.2. The Balaban J connectivity index is 1.88. The molecule has 2 aromatic rings. The largest absolute Gasteiger partial charge is 0.497 e. The Morgan fingerprint density at radius 1 is 1.30 bits per heavy atom. The maximum atomic E-state index is 5.59. The molecule has 0 saturated heterocycles. The van der Waals surface area contributed by atoms with Crippen LogP contribution in [0.2, 0.25) is 0 Å². The number of ether oxygens (including phenoxy) is 2. The number of hydrogen-bond donors (Lipinski definition) is 0. The first-order chi connectivity index (χ1) is 9.81. The van der Waals surface area contributed by atoms with Crippen LogP contribution in [-0.2, 0) is 11.2 Å². The van der Waals surface area contributed by atoms with Crippen molar-refractivity contribution in [1.29, 1.82) is 0 Å². The van der Waals surface area contributed by atoms with Crippen molar-refractivity contribution >= 4 is 11.8 Å². The third kappa shape index (κ3) is 4.54. The van der Waals surface area contributed by atoms with E-state index >= 15 is 0 Å². The molecule has 0 saturated carbocycles. The Labute approximate surface area is 122 Å². The number of thioether (sulfide) groups is 1. The van der Waals surface area contributed by atoms with Crippen LogP contribution in [0.25, 0.3) is 0 Å². The molecule has 0 aliphatic rings. The van der Waals surface area contributed by atoms with Gasteiger partial charge in [-0.1, -0.05) is 23.9 Å². The third-order valence-electron chi connectivity index (χ3n) is 2.60. The number of aromatic nitrogens is 2. The molecule has 0 radical (unpaired) electrons. The average Bonchev–Trinajstić information content (AvgIpc) is 2.91. The minimum absolute atomic E-state index is 0.586. The van der Waals surface area contributed by atoms with Crippen molar-refractivity contribution in [2.75, 3.05) is 26.1 Å². The predicted molar refractivity (Wildman–Crippen MR) is 77.3 cm³/mol. The van der Waals surface area contributed by atoms with Gasteiger partial charge in [0.25, 0.3) is 5.22 Å². The molecule has 0 N–H and O–H groups in total. The van der Waals surface area contributed by atoms with Crippen LogP contribution in [0.3, 0.4) is 0 Å². The van der Waals surface area contributed by atoms with Gasteiger partial charge in [0.05, 0.1) is 20.1 Å². The topological polar surface area (TPSA) is 57.4 Å². The van der Waals surface area contributed by atoms with Crippen molar-refractivity contribution < 1.29 is 13.9 Å². The summed E-state index contributed by atoms with van der Waals surface area (Å²) in [5.74, 6) is 2.25. The minimum Gasteiger partial charge on any atom is -0.497 e. The highest BCUT2D eigenvalue weighted by molar-refractivity contribution is 7.99. The first-order valence-corrected chi connectivity index (χ1v) is 7.46. The molecule has 108 valence electrons. The van der Waals surface area contributed by atoms with Crippen molar-refractivity contribution in [3.8, 4) is 5.75 Å². The zero-order valence-electron chi connectivity index (χ0n) is 11.7. The predicted octanol–water partition coefficient (Wildman–Crippen LogP) is 2.80. The summed E-state index contributed by atoms with van der Waals surface area (Å²) >= 11 is 1.51. The highest BCUT2D eigenvalue weighted by Crippen LogP contribution is 2.19. The van der Waals surface area contributed by atoms with Gasteiger partial charge in [0.15, 0.2) is 0 Å². The van der Waals surface area contributed by atoms with Gasteiger partial charge >= 0.3 is 0 Å². The highest BCUT2D eigenvalue weighted by Gasteiger charge is 2.08. The average molecular weight is 294 g/mol. The Hall–Kier alpha value is -1.53. The number of methoxy groups -OCH3 is 1. The van der Waals surface area contributed by atoms with E-state index in [2.05, 4.69) is 10.2 Å². The smallest absolute Gasteiger partial charge is 0.276 e. The summed E-state index contributed by atoms with van der Waals surface area (Å²) in [6, 6.07) is 7.83. The molecule has 1 heterocycles. The lowest BCUT2D eigenvalue weighted by Crippen LogP contribution is -1.95. The summed E-state index contributed by atoms with van der Waals surface area (Å²) in [6.07, 6.45) is 0.607. The number of hydrogen-bond acceptors (Lipinski definition) is 6. The standard InChI is InChI=1S/C14H18N2O3S/c1-3-18-7-8-20-14-16-15-13(19-14)10-11-5-4-6-12(9-11)17-2/h4-6,9H,3,7-8,10H2,1-2H3. The molecule has 1 aromatic heterocycles. The van der Waals surface area contributed by atoms with Crippen molar-refractivity contribution in [2.45, 2.75) is 18.6 Å². The van der Waals surface area contributed by atoms with E-state index in [1.54, 1.807) is 7.11 Å². The van der Waals surface area contributed by atoms with Gasteiger partial charge in [-0.3, -0.25) is 0 Å². The van der Waals surface area contributed by atoms with Crippen LogP contribution in [0.5, 0.6) is 5.75 Å². The molecule has 1 aromatic carbocycles. The third-order valence-corrected chi connectivity index (χ3v) is 3.38. The first-order valence-electron chi connectivity index (χ1n) is 6.47. The van der Waals surface area contributed by atoms with Crippen LogP contribution in [0.1, 0.15) is 18.4 Å². The fourth-order valence-corrected chi connectivity index (χ4v) is 2.29. The lowest BCUT2D eigenvalue weighted by molar-refractivity contribution is 0.164. The van der Waals surface area contributed by atoms with Crippen molar-refractivity contribution in [1.82, 2.24) is 10.2 Å². The molecular formula is C14H18N2O3S. The summed E-state index contributed by atoms with van der Waals surface area (Å²) in [5.41, 5.74) is 1.08. The van der Waals surface area contributed by atoms with Crippen LogP contribution in [0.15, 0.2) is 33.9 Å². The number of rotatable bonds is 8. The van der Waals surface area contributed by atoms with Gasteiger partial charge < -0.3 is 13.9 Å². The molecule has 0 amide bonds.